The number of hydrogen-bond donors (Lipinski definition) is 2. The van der Waals surface area contributed by atoms with E-state index in [-0.39, 0.29) is 18.5 Å². The molecule has 0 fully saturated rings. The molecule has 0 radical (unpaired) electrons. The summed E-state index contributed by atoms with van der Waals surface area (Å²) in [7, 11) is 1.66. The van der Waals surface area contributed by atoms with Crippen LogP contribution in [-0.2, 0) is 9.53 Å². The predicted molar refractivity (Wildman–Crippen MR) is 73.0 cm³/mol. The molecule has 0 bridgehead atoms. The first-order valence-corrected chi connectivity index (χ1v) is 6.92. The largest absolute Gasteiger partial charge is 0.481 e. The molecule has 0 aliphatic heterocycles. The van der Waals surface area contributed by atoms with Crippen LogP contribution in [0.25, 0.3) is 0 Å². The van der Waals surface area contributed by atoms with Crippen molar-refractivity contribution in [3.8, 4) is 0 Å². The van der Waals surface area contributed by atoms with E-state index in [9.17, 15) is 4.79 Å². The molecule has 0 aromatic carbocycles. The highest BCUT2D eigenvalue weighted by Crippen LogP contribution is 2.23. The first-order valence-electron chi connectivity index (χ1n) is 6.04. The first kappa shape index (κ1) is 15.1. The van der Waals surface area contributed by atoms with Crippen molar-refractivity contribution in [1.29, 1.82) is 0 Å². The number of hydrogen-bond acceptors (Lipinski definition) is 4. The molecule has 1 aromatic heterocycles. The molecular formula is C13H21NO3S. The van der Waals surface area contributed by atoms with Gasteiger partial charge in [-0.3, -0.25) is 4.79 Å². The van der Waals surface area contributed by atoms with Crippen LogP contribution in [0, 0.1) is 5.92 Å². The number of aliphatic carboxylic acids is 1. The van der Waals surface area contributed by atoms with Gasteiger partial charge in [-0.05, 0) is 17.4 Å². The molecule has 0 aliphatic rings. The topological polar surface area (TPSA) is 58.6 Å². The molecule has 0 spiro atoms. The normalized spacial score (nSPS) is 14.7. The van der Waals surface area contributed by atoms with E-state index in [4.69, 9.17) is 9.84 Å². The van der Waals surface area contributed by atoms with E-state index in [0.717, 1.165) is 4.88 Å². The summed E-state index contributed by atoms with van der Waals surface area (Å²) in [5.41, 5.74) is 0. The zero-order chi connectivity index (χ0) is 13.5. The van der Waals surface area contributed by atoms with E-state index in [1.807, 2.05) is 17.5 Å². The Bertz CT molecular complexity index is 351. The van der Waals surface area contributed by atoms with Crippen LogP contribution in [-0.4, -0.2) is 30.8 Å². The molecule has 0 aliphatic carbocycles. The van der Waals surface area contributed by atoms with E-state index in [1.165, 1.54) is 0 Å². The summed E-state index contributed by atoms with van der Waals surface area (Å²) >= 11 is 1.58. The highest BCUT2D eigenvalue weighted by Gasteiger charge is 2.22. The second kappa shape index (κ2) is 7.51. The third-order valence-electron chi connectivity index (χ3n) is 2.83. The van der Waals surface area contributed by atoms with Crippen molar-refractivity contribution >= 4 is 17.3 Å². The van der Waals surface area contributed by atoms with Crippen LogP contribution in [0.15, 0.2) is 17.5 Å². The number of methoxy groups -OCH3 is 1. The van der Waals surface area contributed by atoms with Gasteiger partial charge in [-0.25, -0.2) is 0 Å². The van der Waals surface area contributed by atoms with Gasteiger partial charge in [-0.2, -0.15) is 0 Å². The number of carboxylic acid groups (broad SMARTS) is 1. The van der Waals surface area contributed by atoms with E-state index in [1.54, 1.807) is 18.4 Å². The number of ether oxygens (including phenoxy) is 1. The lowest BCUT2D eigenvalue weighted by Gasteiger charge is -2.26. The monoisotopic (exact) mass is 271 g/mol. The van der Waals surface area contributed by atoms with Gasteiger partial charge in [-0.1, -0.05) is 19.9 Å². The summed E-state index contributed by atoms with van der Waals surface area (Å²) in [5.74, 6) is -0.401. The summed E-state index contributed by atoms with van der Waals surface area (Å²) in [6, 6.07) is 3.92. The molecule has 1 aromatic rings. The molecule has 18 heavy (non-hydrogen) atoms. The minimum absolute atomic E-state index is 0.0907. The third kappa shape index (κ3) is 4.76. The SMILES string of the molecule is COCC(NC(CC(=O)O)c1cccs1)C(C)C. The van der Waals surface area contributed by atoms with E-state index < -0.39 is 5.97 Å². The van der Waals surface area contributed by atoms with E-state index in [2.05, 4.69) is 19.2 Å². The molecule has 2 N–H and O–H groups in total. The van der Waals surface area contributed by atoms with Gasteiger partial charge in [0.05, 0.1) is 19.1 Å². The molecule has 4 nitrogen and oxygen atoms in total. The Morgan fingerprint density at radius 2 is 2.28 bits per heavy atom. The molecule has 0 amide bonds. The molecule has 5 heteroatoms. The van der Waals surface area contributed by atoms with Crippen LogP contribution in [0.5, 0.6) is 0 Å². The van der Waals surface area contributed by atoms with Gasteiger partial charge in [0, 0.05) is 18.0 Å². The van der Waals surface area contributed by atoms with Crippen LogP contribution in [0.3, 0.4) is 0 Å². The number of carboxylic acids is 1. The van der Waals surface area contributed by atoms with Gasteiger partial charge in [0.15, 0.2) is 0 Å². The maximum atomic E-state index is 10.9. The standard InChI is InChI=1S/C13H21NO3S/c1-9(2)11(8-17-3)14-10(7-13(15)16)12-5-4-6-18-12/h4-6,9-11,14H,7-8H2,1-3H3,(H,15,16). The molecule has 2 unspecified atom stereocenters. The molecular weight excluding hydrogens is 250 g/mol. The van der Waals surface area contributed by atoms with Crippen molar-refractivity contribution in [2.75, 3.05) is 13.7 Å². The Balaban J connectivity index is 2.73. The minimum atomic E-state index is -0.791. The molecule has 102 valence electrons. The van der Waals surface area contributed by atoms with Gasteiger partial charge in [0.2, 0.25) is 0 Å². The van der Waals surface area contributed by atoms with Crippen LogP contribution in [0.4, 0.5) is 0 Å². The van der Waals surface area contributed by atoms with E-state index >= 15 is 0 Å². The smallest absolute Gasteiger partial charge is 0.305 e. The minimum Gasteiger partial charge on any atom is -0.481 e. The van der Waals surface area contributed by atoms with Gasteiger partial charge in [0.25, 0.3) is 0 Å². The number of rotatable bonds is 8. The Hall–Kier alpha value is -0.910. The summed E-state index contributed by atoms with van der Waals surface area (Å²) < 4.78 is 5.18. The summed E-state index contributed by atoms with van der Waals surface area (Å²) in [6.07, 6.45) is 0.0907. The Morgan fingerprint density at radius 3 is 2.72 bits per heavy atom. The maximum absolute atomic E-state index is 10.9. The molecule has 0 saturated carbocycles. The Morgan fingerprint density at radius 1 is 1.56 bits per heavy atom. The van der Waals surface area contributed by atoms with Crippen molar-refractivity contribution in [3.63, 3.8) is 0 Å². The fourth-order valence-corrected chi connectivity index (χ4v) is 2.56. The second-order valence-electron chi connectivity index (χ2n) is 4.64. The quantitative estimate of drug-likeness (QED) is 0.763. The lowest BCUT2D eigenvalue weighted by atomic mass is 10.0. The zero-order valence-corrected chi connectivity index (χ0v) is 11.9. The van der Waals surface area contributed by atoms with Crippen molar-refractivity contribution < 1.29 is 14.6 Å². The molecule has 1 heterocycles. The summed E-state index contributed by atoms with van der Waals surface area (Å²) in [5, 5.41) is 14.4. The van der Waals surface area contributed by atoms with Gasteiger partial charge in [0.1, 0.15) is 0 Å². The highest BCUT2D eigenvalue weighted by molar-refractivity contribution is 7.10. The molecule has 0 saturated heterocycles. The number of thiophene rings is 1. The van der Waals surface area contributed by atoms with Gasteiger partial charge < -0.3 is 15.2 Å². The third-order valence-corrected chi connectivity index (χ3v) is 3.82. The zero-order valence-electron chi connectivity index (χ0n) is 11.1. The predicted octanol–water partition coefficient (Wildman–Crippen LogP) is 2.52. The Labute approximate surface area is 112 Å². The first-order chi connectivity index (χ1) is 8.54. The van der Waals surface area contributed by atoms with Crippen LogP contribution >= 0.6 is 11.3 Å². The number of nitrogens with one attached hydrogen (secondary N) is 1. The van der Waals surface area contributed by atoms with Crippen molar-refractivity contribution in [3.05, 3.63) is 22.4 Å². The van der Waals surface area contributed by atoms with E-state index in [0.29, 0.717) is 12.5 Å². The Kier molecular flexibility index (Phi) is 6.32. The second-order valence-corrected chi connectivity index (χ2v) is 5.62. The average molecular weight is 271 g/mol. The molecule has 1 rings (SSSR count). The highest BCUT2D eigenvalue weighted by atomic mass is 32.1. The van der Waals surface area contributed by atoms with Crippen LogP contribution < -0.4 is 5.32 Å². The summed E-state index contributed by atoms with van der Waals surface area (Å²) in [4.78, 5) is 12.0. The lowest BCUT2D eigenvalue weighted by molar-refractivity contribution is -0.137. The van der Waals surface area contributed by atoms with Crippen molar-refractivity contribution in [2.24, 2.45) is 5.92 Å². The van der Waals surface area contributed by atoms with Crippen molar-refractivity contribution in [2.45, 2.75) is 32.4 Å². The fraction of sp³-hybridized carbons (Fsp3) is 0.615. The maximum Gasteiger partial charge on any atom is 0.305 e. The van der Waals surface area contributed by atoms with Crippen LogP contribution in [0.2, 0.25) is 0 Å². The van der Waals surface area contributed by atoms with Crippen LogP contribution in [0.1, 0.15) is 31.2 Å². The summed E-state index contributed by atoms with van der Waals surface area (Å²) in [6.45, 7) is 4.78. The fourth-order valence-electron chi connectivity index (χ4n) is 1.78. The lowest BCUT2D eigenvalue weighted by Crippen LogP contribution is -2.40. The van der Waals surface area contributed by atoms with Gasteiger partial charge >= 0.3 is 5.97 Å². The van der Waals surface area contributed by atoms with Gasteiger partial charge in [-0.15, -0.1) is 11.3 Å². The van der Waals surface area contributed by atoms with Crippen molar-refractivity contribution in [1.82, 2.24) is 5.32 Å². The average Bonchev–Trinajstić information content (AvgIpc) is 2.79. The molecule has 2 atom stereocenters. The number of carbonyl (C=O) groups is 1.